The Bertz CT molecular complexity index is 404. The minimum atomic E-state index is -0.353. The summed E-state index contributed by atoms with van der Waals surface area (Å²) >= 11 is 0. The number of allylic oxidation sites excluding steroid dienone is 2. The van der Waals surface area contributed by atoms with Crippen molar-refractivity contribution in [1.29, 1.82) is 0 Å². The molecule has 0 spiro atoms. The van der Waals surface area contributed by atoms with Gasteiger partial charge in [0.2, 0.25) is 0 Å². The summed E-state index contributed by atoms with van der Waals surface area (Å²) in [6.07, 6.45) is 15.4. The van der Waals surface area contributed by atoms with E-state index in [2.05, 4.69) is 19.1 Å². The monoisotopic (exact) mass is 321 g/mol. The highest BCUT2D eigenvalue weighted by Gasteiger charge is 2.44. The highest BCUT2D eigenvalue weighted by molar-refractivity contribution is 5.17. The molecule has 0 radical (unpaired) electrons. The average Bonchev–Trinajstić information content (AvgIpc) is 3.02. The first-order valence-corrected chi connectivity index (χ1v) is 9.58. The normalized spacial score (nSPS) is 33.7. The molecule has 2 aliphatic rings. The molecule has 2 aliphatic carbocycles. The van der Waals surface area contributed by atoms with Crippen LogP contribution in [0.1, 0.15) is 64.7 Å². The second-order valence-electron chi connectivity index (χ2n) is 7.45. The lowest BCUT2D eigenvalue weighted by Crippen LogP contribution is -2.17. The van der Waals surface area contributed by atoms with Gasteiger partial charge in [0, 0.05) is 5.92 Å². The molecule has 0 heterocycles. The summed E-state index contributed by atoms with van der Waals surface area (Å²) in [7, 11) is 0. The Balaban J connectivity index is 1.85. The molecular weight excluding hydrogens is 286 g/mol. The van der Waals surface area contributed by atoms with Gasteiger partial charge in [0.15, 0.2) is 0 Å². The molecule has 2 rings (SSSR count). The molecule has 23 heavy (non-hydrogen) atoms. The fourth-order valence-electron chi connectivity index (χ4n) is 4.32. The van der Waals surface area contributed by atoms with E-state index in [1.54, 1.807) is 5.57 Å². The van der Waals surface area contributed by atoms with Gasteiger partial charge in [-0.25, -0.2) is 0 Å². The van der Waals surface area contributed by atoms with Crippen LogP contribution in [0.5, 0.6) is 0 Å². The van der Waals surface area contributed by atoms with Crippen LogP contribution in [0.3, 0.4) is 0 Å². The number of rotatable bonds is 9. The van der Waals surface area contributed by atoms with Crippen LogP contribution in [-0.2, 0) is 0 Å². The number of aliphatic hydroxyl groups is 2. The third kappa shape index (κ3) is 5.44. The molecule has 2 saturated carbocycles. The van der Waals surface area contributed by atoms with Gasteiger partial charge >= 0.3 is 0 Å². The van der Waals surface area contributed by atoms with Crippen LogP contribution in [-0.4, -0.2) is 29.0 Å². The summed E-state index contributed by atoms with van der Waals surface area (Å²) < 4.78 is 0. The standard InChI is InChI=1S/C20H35NO2/c1-2-3-4-8-17(22)9-10-18-19-13-15(7-5-6-11-21)12-16(19)14-20(18)23/h7,9-10,16-20,22-23H,2-6,8,11-14,21H2,1H3/b10-9+,15-7+/t16-,17-,18+,19-,20+/m0/s1. The number of hydrogen-bond acceptors (Lipinski definition) is 3. The quantitative estimate of drug-likeness (QED) is 0.449. The Morgan fingerprint density at radius 2 is 2.09 bits per heavy atom. The number of nitrogens with two attached hydrogens (primary N) is 1. The summed E-state index contributed by atoms with van der Waals surface area (Å²) in [6.45, 7) is 2.94. The zero-order valence-corrected chi connectivity index (χ0v) is 14.7. The van der Waals surface area contributed by atoms with Crippen LogP contribution in [0, 0.1) is 17.8 Å². The number of fused-ring (bicyclic) bond motifs is 1. The fourth-order valence-corrected chi connectivity index (χ4v) is 4.32. The molecule has 0 aromatic carbocycles. The summed E-state index contributed by atoms with van der Waals surface area (Å²) in [5.74, 6) is 1.41. The molecule has 0 amide bonds. The molecule has 0 aromatic heterocycles. The third-order valence-corrected chi connectivity index (χ3v) is 5.61. The zero-order valence-electron chi connectivity index (χ0n) is 14.7. The Kier molecular flexibility index (Phi) is 7.81. The topological polar surface area (TPSA) is 66.5 Å². The van der Waals surface area contributed by atoms with Crippen molar-refractivity contribution in [3.8, 4) is 0 Å². The van der Waals surface area contributed by atoms with Gasteiger partial charge in [-0.15, -0.1) is 0 Å². The van der Waals surface area contributed by atoms with Crippen molar-refractivity contribution in [3.63, 3.8) is 0 Å². The van der Waals surface area contributed by atoms with Crippen molar-refractivity contribution in [1.82, 2.24) is 0 Å². The molecule has 5 atom stereocenters. The van der Waals surface area contributed by atoms with Gasteiger partial charge < -0.3 is 15.9 Å². The molecule has 0 saturated heterocycles. The molecule has 132 valence electrons. The van der Waals surface area contributed by atoms with E-state index in [1.165, 1.54) is 12.8 Å². The van der Waals surface area contributed by atoms with Crippen molar-refractivity contribution in [2.45, 2.75) is 76.9 Å². The van der Waals surface area contributed by atoms with E-state index in [0.29, 0.717) is 11.8 Å². The van der Waals surface area contributed by atoms with E-state index < -0.39 is 0 Å². The zero-order chi connectivity index (χ0) is 16.7. The van der Waals surface area contributed by atoms with Crippen LogP contribution in [0.4, 0.5) is 0 Å². The Labute approximate surface area is 141 Å². The van der Waals surface area contributed by atoms with Gasteiger partial charge in [-0.1, -0.05) is 50.0 Å². The van der Waals surface area contributed by atoms with E-state index in [-0.39, 0.29) is 18.1 Å². The second-order valence-corrected chi connectivity index (χ2v) is 7.45. The van der Waals surface area contributed by atoms with Crippen LogP contribution in [0.15, 0.2) is 23.8 Å². The molecule has 2 fully saturated rings. The van der Waals surface area contributed by atoms with Crippen LogP contribution in [0.2, 0.25) is 0 Å². The fraction of sp³-hybridized carbons (Fsp3) is 0.800. The highest BCUT2D eigenvalue weighted by Crippen LogP contribution is 2.50. The van der Waals surface area contributed by atoms with Crippen molar-refractivity contribution >= 4 is 0 Å². The minimum Gasteiger partial charge on any atom is -0.392 e. The Morgan fingerprint density at radius 1 is 1.26 bits per heavy atom. The first-order valence-electron chi connectivity index (χ1n) is 9.58. The van der Waals surface area contributed by atoms with Crippen LogP contribution in [0.25, 0.3) is 0 Å². The summed E-state index contributed by atoms with van der Waals surface area (Å²) in [5.41, 5.74) is 7.12. The molecule has 0 aliphatic heterocycles. The van der Waals surface area contributed by atoms with E-state index in [9.17, 15) is 10.2 Å². The number of hydrogen-bond donors (Lipinski definition) is 3. The van der Waals surface area contributed by atoms with Crippen molar-refractivity contribution in [3.05, 3.63) is 23.8 Å². The summed E-state index contributed by atoms with van der Waals surface area (Å²) in [4.78, 5) is 0. The van der Waals surface area contributed by atoms with Crippen molar-refractivity contribution in [2.24, 2.45) is 23.5 Å². The lowest BCUT2D eigenvalue weighted by molar-refractivity contribution is 0.139. The van der Waals surface area contributed by atoms with Gasteiger partial charge in [-0.05, 0) is 56.9 Å². The SMILES string of the molecule is CCCCC[C@H](O)/C=C/[C@@H]1[C@H]2C/C(=C/CCCN)C[C@H]2C[C@H]1O. The van der Waals surface area contributed by atoms with Gasteiger partial charge in [0.25, 0.3) is 0 Å². The average molecular weight is 322 g/mol. The lowest BCUT2D eigenvalue weighted by Gasteiger charge is -2.17. The Hall–Kier alpha value is -0.640. The van der Waals surface area contributed by atoms with E-state index in [4.69, 9.17) is 5.73 Å². The number of unbranched alkanes of at least 4 members (excludes halogenated alkanes) is 3. The minimum absolute atomic E-state index is 0.223. The van der Waals surface area contributed by atoms with Crippen molar-refractivity contribution in [2.75, 3.05) is 6.54 Å². The Morgan fingerprint density at radius 3 is 2.83 bits per heavy atom. The molecule has 0 aromatic rings. The van der Waals surface area contributed by atoms with Crippen molar-refractivity contribution < 1.29 is 10.2 Å². The van der Waals surface area contributed by atoms with Gasteiger partial charge in [0.1, 0.15) is 0 Å². The molecular formula is C20H35NO2. The predicted octanol–water partition coefficient (Wildman–Crippen LogP) is 3.56. The summed E-state index contributed by atoms with van der Waals surface area (Å²) in [5, 5.41) is 20.4. The van der Waals surface area contributed by atoms with Gasteiger partial charge in [-0.3, -0.25) is 0 Å². The number of aliphatic hydroxyl groups excluding tert-OH is 2. The van der Waals surface area contributed by atoms with Crippen LogP contribution >= 0.6 is 0 Å². The van der Waals surface area contributed by atoms with Gasteiger partial charge in [0.05, 0.1) is 12.2 Å². The molecule has 0 bridgehead atoms. The maximum Gasteiger partial charge on any atom is 0.0721 e. The molecule has 4 N–H and O–H groups in total. The molecule has 3 nitrogen and oxygen atoms in total. The van der Waals surface area contributed by atoms with E-state index in [0.717, 1.165) is 51.5 Å². The van der Waals surface area contributed by atoms with E-state index in [1.807, 2.05) is 6.08 Å². The highest BCUT2D eigenvalue weighted by atomic mass is 16.3. The van der Waals surface area contributed by atoms with E-state index >= 15 is 0 Å². The maximum absolute atomic E-state index is 10.4. The van der Waals surface area contributed by atoms with Gasteiger partial charge in [-0.2, -0.15) is 0 Å². The summed E-state index contributed by atoms with van der Waals surface area (Å²) in [6, 6.07) is 0. The van der Waals surface area contributed by atoms with Crippen LogP contribution < -0.4 is 5.73 Å². The second kappa shape index (κ2) is 9.61. The first kappa shape index (κ1) is 18.7. The predicted molar refractivity (Wildman–Crippen MR) is 96.0 cm³/mol. The first-order chi connectivity index (χ1) is 11.2. The third-order valence-electron chi connectivity index (χ3n) is 5.61. The maximum atomic E-state index is 10.4. The lowest BCUT2D eigenvalue weighted by atomic mass is 9.90. The molecule has 3 heteroatoms. The molecule has 0 unspecified atom stereocenters. The smallest absolute Gasteiger partial charge is 0.0721 e. The largest absolute Gasteiger partial charge is 0.392 e.